The highest BCUT2D eigenvalue weighted by Crippen LogP contribution is 2.13. The number of carbonyl (C=O) groups excluding carboxylic acids is 2. The van der Waals surface area contributed by atoms with Crippen molar-refractivity contribution < 1.29 is 24.2 Å². The molecule has 0 aliphatic carbocycles. The topological polar surface area (TPSA) is 76.1 Å². The monoisotopic (exact) mass is 527 g/mol. The van der Waals surface area contributed by atoms with Crippen LogP contribution in [0.25, 0.3) is 0 Å². The van der Waals surface area contributed by atoms with E-state index < -0.39 is 0 Å². The van der Waals surface area contributed by atoms with Crippen molar-refractivity contribution in [2.45, 2.75) is 149 Å². The van der Waals surface area contributed by atoms with Crippen molar-refractivity contribution in [3.8, 4) is 0 Å². The summed E-state index contributed by atoms with van der Waals surface area (Å²) in [7, 11) is 0. The summed E-state index contributed by atoms with van der Waals surface area (Å²) in [5.74, 6) is -0.106. The van der Waals surface area contributed by atoms with Crippen LogP contribution in [0.2, 0.25) is 0 Å². The molecule has 6 nitrogen and oxygen atoms in total. The van der Waals surface area contributed by atoms with Crippen LogP contribution < -0.4 is 0 Å². The Kier molecular flexibility index (Phi) is 28.5. The smallest absolute Gasteiger partial charge is 0.305 e. The molecule has 0 fully saturated rings. The number of carbonyl (C=O) groups is 2. The highest BCUT2D eigenvalue weighted by atomic mass is 16.5. The summed E-state index contributed by atoms with van der Waals surface area (Å²) in [5, 5.41) is 9.24. The van der Waals surface area contributed by atoms with E-state index in [1.54, 1.807) is 0 Å². The first-order chi connectivity index (χ1) is 18.1. The molecule has 0 atom stereocenters. The Morgan fingerprint density at radius 2 is 0.784 bits per heavy atom. The summed E-state index contributed by atoms with van der Waals surface area (Å²) < 4.78 is 9.93. The van der Waals surface area contributed by atoms with E-state index in [1.807, 2.05) is 13.8 Å². The lowest BCUT2D eigenvalue weighted by molar-refractivity contribution is -0.144. The molecule has 0 heterocycles. The van der Waals surface area contributed by atoms with Crippen molar-refractivity contribution in [1.29, 1.82) is 0 Å². The number of rotatable bonds is 29. The largest absolute Gasteiger partial charge is 0.466 e. The number of hydrogen-bond donors (Lipinski definition) is 1. The predicted molar refractivity (Wildman–Crippen MR) is 154 cm³/mol. The minimum Gasteiger partial charge on any atom is -0.466 e. The predicted octanol–water partition coefficient (Wildman–Crippen LogP) is 7.60. The summed E-state index contributed by atoms with van der Waals surface area (Å²) in [6.07, 6.45) is 24.3. The minimum absolute atomic E-state index is 0.0531. The zero-order valence-electron chi connectivity index (χ0n) is 24.6. The van der Waals surface area contributed by atoms with Crippen LogP contribution in [0.15, 0.2) is 0 Å². The summed E-state index contributed by atoms with van der Waals surface area (Å²) >= 11 is 0. The van der Waals surface area contributed by atoms with Crippen LogP contribution in [0, 0.1) is 0 Å². The quantitative estimate of drug-likeness (QED) is 0.0797. The lowest BCUT2D eigenvalue weighted by Crippen LogP contribution is -2.27. The van der Waals surface area contributed by atoms with E-state index in [2.05, 4.69) is 4.90 Å². The van der Waals surface area contributed by atoms with Gasteiger partial charge in [-0.25, -0.2) is 0 Å². The molecule has 0 saturated carbocycles. The molecule has 220 valence electrons. The molecule has 0 rings (SSSR count). The first-order valence-corrected chi connectivity index (χ1v) is 15.8. The average Bonchev–Trinajstić information content (AvgIpc) is 2.88. The van der Waals surface area contributed by atoms with Crippen LogP contribution >= 0.6 is 0 Å². The van der Waals surface area contributed by atoms with Gasteiger partial charge in [0.15, 0.2) is 0 Å². The summed E-state index contributed by atoms with van der Waals surface area (Å²) in [5.41, 5.74) is 0. The molecule has 0 spiro atoms. The van der Waals surface area contributed by atoms with Gasteiger partial charge in [-0.05, 0) is 59.0 Å². The van der Waals surface area contributed by atoms with Crippen LogP contribution in [0.1, 0.15) is 149 Å². The van der Waals surface area contributed by atoms with E-state index >= 15 is 0 Å². The van der Waals surface area contributed by atoms with Crippen molar-refractivity contribution in [2.24, 2.45) is 0 Å². The van der Waals surface area contributed by atoms with Gasteiger partial charge < -0.3 is 19.5 Å². The molecule has 0 aromatic carbocycles. The molecule has 0 saturated heterocycles. The maximum Gasteiger partial charge on any atom is 0.305 e. The third-order valence-electron chi connectivity index (χ3n) is 6.95. The zero-order chi connectivity index (χ0) is 27.2. The molecule has 0 bridgehead atoms. The third-order valence-corrected chi connectivity index (χ3v) is 6.95. The number of unbranched alkanes of at least 4 members (excludes halogenated alkanes) is 16. The molecular formula is C31H61NO5. The van der Waals surface area contributed by atoms with Crippen LogP contribution in [-0.4, -0.2) is 61.4 Å². The molecule has 1 N–H and O–H groups in total. The Balaban J connectivity index is 3.56. The van der Waals surface area contributed by atoms with Gasteiger partial charge in [0.05, 0.1) is 13.2 Å². The third kappa shape index (κ3) is 27.7. The van der Waals surface area contributed by atoms with Gasteiger partial charge in [0.1, 0.15) is 0 Å². The van der Waals surface area contributed by atoms with E-state index in [0.29, 0.717) is 26.1 Å². The second kappa shape index (κ2) is 29.4. The van der Waals surface area contributed by atoms with E-state index in [1.165, 1.54) is 103 Å². The molecule has 0 aliphatic rings. The Labute approximate surface area is 229 Å². The molecule has 0 unspecified atom stereocenters. The van der Waals surface area contributed by atoms with E-state index in [0.717, 1.165) is 38.6 Å². The summed E-state index contributed by atoms with van der Waals surface area (Å²) in [6, 6.07) is 0. The summed E-state index contributed by atoms with van der Waals surface area (Å²) in [6.45, 7) is 8.33. The Morgan fingerprint density at radius 1 is 0.486 bits per heavy atom. The van der Waals surface area contributed by atoms with E-state index in [-0.39, 0.29) is 18.5 Å². The fourth-order valence-electron chi connectivity index (χ4n) is 4.78. The average molecular weight is 528 g/mol. The van der Waals surface area contributed by atoms with E-state index in [9.17, 15) is 14.7 Å². The van der Waals surface area contributed by atoms with Crippen molar-refractivity contribution >= 4 is 11.9 Å². The van der Waals surface area contributed by atoms with Crippen LogP contribution in [0.3, 0.4) is 0 Å². The molecule has 37 heavy (non-hydrogen) atoms. The number of nitrogens with zero attached hydrogens (tertiary/aromatic N) is 1. The van der Waals surface area contributed by atoms with E-state index in [4.69, 9.17) is 9.47 Å². The van der Waals surface area contributed by atoms with Crippen molar-refractivity contribution in [3.05, 3.63) is 0 Å². The molecule has 0 radical (unpaired) electrons. The molecular weight excluding hydrogens is 466 g/mol. The van der Waals surface area contributed by atoms with Gasteiger partial charge in [0, 0.05) is 26.0 Å². The van der Waals surface area contributed by atoms with Crippen LogP contribution in [0.4, 0.5) is 0 Å². The lowest BCUT2D eigenvalue weighted by atomic mass is 10.1. The number of ether oxygens (including phenoxy) is 2. The number of aliphatic hydroxyl groups is 1. The molecule has 0 aromatic heterocycles. The second-order valence-corrected chi connectivity index (χ2v) is 10.4. The van der Waals surface area contributed by atoms with Crippen molar-refractivity contribution in [2.75, 3.05) is 39.5 Å². The Hall–Kier alpha value is -1.14. The zero-order valence-corrected chi connectivity index (χ0v) is 24.6. The van der Waals surface area contributed by atoms with Gasteiger partial charge in [0.2, 0.25) is 0 Å². The van der Waals surface area contributed by atoms with Gasteiger partial charge in [-0.15, -0.1) is 0 Å². The fourth-order valence-corrected chi connectivity index (χ4v) is 4.78. The van der Waals surface area contributed by atoms with Gasteiger partial charge in [-0.3, -0.25) is 9.59 Å². The lowest BCUT2D eigenvalue weighted by Gasteiger charge is -2.22. The van der Waals surface area contributed by atoms with Crippen LogP contribution in [0.5, 0.6) is 0 Å². The maximum atomic E-state index is 11.3. The number of esters is 2. The first kappa shape index (κ1) is 35.9. The fraction of sp³-hybridized carbons (Fsp3) is 0.935. The Bertz CT molecular complexity index is 460. The normalized spacial score (nSPS) is 11.2. The van der Waals surface area contributed by atoms with Crippen molar-refractivity contribution in [3.63, 3.8) is 0 Å². The van der Waals surface area contributed by atoms with Gasteiger partial charge in [-0.1, -0.05) is 89.9 Å². The molecule has 6 heteroatoms. The first-order valence-electron chi connectivity index (χ1n) is 15.8. The highest BCUT2D eigenvalue weighted by molar-refractivity contribution is 5.69. The molecule has 0 amide bonds. The number of hydrogen-bond acceptors (Lipinski definition) is 6. The van der Waals surface area contributed by atoms with Gasteiger partial charge in [0.25, 0.3) is 0 Å². The number of aliphatic hydroxyl groups excluding tert-OH is 1. The Morgan fingerprint density at radius 3 is 1.11 bits per heavy atom. The second-order valence-electron chi connectivity index (χ2n) is 10.4. The van der Waals surface area contributed by atoms with Gasteiger partial charge >= 0.3 is 11.9 Å². The van der Waals surface area contributed by atoms with Crippen molar-refractivity contribution in [1.82, 2.24) is 4.90 Å². The minimum atomic E-state index is -0.0531. The summed E-state index contributed by atoms with van der Waals surface area (Å²) in [4.78, 5) is 25.2. The molecule has 0 aliphatic heterocycles. The standard InChI is InChI=1S/C31H61NO5/c1-3-36-30(34)24-19-15-11-7-5-9-13-17-21-26-32(28-23-29-33)27-22-18-14-10-6-8-12-16-20-25-31(35)37-4-2/h33H,3-29H2,1-2H3. The molecule has 0 aromatic rings. The highest BCUT2D eigenvalue weighted by Gasteiger charge is 2.05. The maximum absolute atomic E-state index is 11.3. The van der Waals surface area contributed by atoms with Gasteiger partial charge in [-0.2, -0.15) is 0 Å². The van der Waals surface area contributed by atoms with Crippen LogP contribution in [-0.2, 0) is 19.1 Å². The SMILES string of the molecule is CCOC(=O)CCCCCCCCCCCN(CCCO)CCCCCCCCCCCC(=O)OCC.